The summed E-state index contributed by atoms with van der Waals surface area (Å²) in [7, 11) is 0. The van der Waals surface area contributed by atoms with Crippen molar-refractivity contribution in [3.05, 3.63) is 42.5 Å². The first-order valence-corrected chi connectivity index (χ1v) is 8.94. The molecule has 1 fully saturated rings. The quantitative estimate of drug-likeness (QED) is 0.368. The minimum absolute atomic E-state index is 0.0469. The molecule has 0 saturated carbocycles. The molecular formula is C19H26F4N2O. The van der Waals surface area contributed by atoms with Crippen molar-refractivity contribution in [2.45, 2.75) is 44.3 Å². The van der Waals surface area contributed by atoms with Crippen LogP contribution in [0.4, 0.5) is 17.6 Å². The van der Waals surface area contributed by atoms with Gasteiger partial charge in [0.15, 0.2) is 0 Å². The molecule has 1 aromatic carbocycles. The monoisotopic (exact) mass is 374 g/mol. The van der Waals surface area contributed by atoms with Gasteiger partial charge in [-0.3, -0.25) is 4.90 Å². The van der Waals surface area contributed by atoms with Gasteiger partial charge in [-0.15, -0.1) is 6.58 Å². The van der Waals surface area contributed by atoms with Crippen LogP contribution in [0.3, 0.4) is 0 Å². The molecule has 1 aliphatic heterocycles. The van der Waals surface area contributed by atoms with Crippen molar-refractivity contribution in [2.24, 2.45) is 0 Å². The molecule has 2 rings (SSSR count). The summed E-state index contributed by atoms with van der Waals surface area (Å²) in [5.74, 6) is -0.237. The predicted octanol–water partition coefficient (Wildman–Crippen LogP) is 4.62. The van der Waals surface area contributed by atoms with Crippen LogP contribution < -0.4 is 10.1 Å². The van der Waals surface area contributed by atoms with Crippen molar-refractivity contribution >= 4 is 0 Å². The summed E-state index contributed by atoms with van der Waals surface area (Å²) in [5.41, 5.74) is 0.813. The number of allylic oxidation sites excluding steroid dienone is 1. The maximum Gasteiger partial charge on any atom is 0.461 e. The second kappa shape index (κ2) is 9.92. The second-order valence-electron chi connectivity index (χ2n) is 6.41. The lowest BCUT2D eigenvalue weighted by molar-refractivity contribution is -0.253. The molecule has 0 aliphatic carbocycles. The van der Waals surface area contributed by atoms with Crippen molar-refractivity contribution in [2.75, 3.05) is 26.2 Å². The number of ether oxygens (including phenoxy) is 1. The van der Waals surface area contributed by atoms with Crippen LogP contribution in [0.2, 0.25) is 0 Å². The Hall–Kier alpha value is -1.60. The van der Waals surface area contributed by atoms with Crippen molar-refractivity contribution in [3.63, 3.8) is 0 Å². The molecule has 1 atom stereocenters. The normalized spacial score (nSPS) is 17.3. The SMILES string of the molecule is C=CCCCC[C@@H](c1cccc(OC(F)(F)C(F)F)c1)N1CCNCC1. The number of alkyl halides is 4. The number of nitrogens with one attached hydrogen (secondary N) is 1. The van der Waals surface area contributed by atoms with Gasteiger partial charge < -0.3 is 10.1 Å². The maximum absolute atomic E-state index is 13.2. The number of nitrogens with zero attached hydrogens (tertiary/aromatic N) is 1. The minimum Gasteiger partial charge on any atom is -0.428 e. The molecule has 146 valence electrons. The minimum atomic E-state index is -4.49. The molecule has 1 saturated heterocycles. The van der Waals surface area contributed by atoms with E-state index in [-0.39, 0.29) is 11.8 Å². The van der Waals surface area contributed by atoms with Crippen LogP contribution in [0, 0.1) is 0 Å². The van der Waals surface area contributed by atoms with Crippen LogP contribution >= 0.6 is 0 Å². The van der Waals surface area contributed by atoms with Gasteiger partial charge in [0.25, 0.3) is 0 Å². The summed E-state index contributed by atoms with van der Waals surface area (Å²) < 4.78 is 55.4. The van der Waals surface area contributed by atoms with E-state index in [0.29, 0.717) is 0 Å². The zero-order valence-corrected chi connectivity index (χ0v) is 14.8. The van der Waals surface area contributed by atoms with Crippen LogP contribution in [-0.4, -0.2) is 43.6 Å². The summed E-state index contributed by atoms with van der Waals surface area (Å²) >= 11 is 0. The summed E-state index contributed by atoms with van der Waals surface area (Å²) in [6.07, 6.45) is -2.71. The number of unbranched alkanes of at least 4 members (excludes halogenated alkanes) is 2. The van der Waals surface area contributed by atoms with E-state index < -0.39 is 12.5 Å². The largest absolute Gasteiger partial charge is 0.461 e. The molecule has 1 aromatic rings. The third kappa shape index (κ3) is 5.99. The van der Waals surface area contributed by atoms with Crippen LogP contribution in [0.5, 0.6) is 5.75 Å². The molecule has 26 heavy (non-hydrogen) atoms. The van der Waals surface area contributed by atoms with Gasteiger partial charge in [-0.2, -0.15) is 17.6 Å². The number of hydrogen-bond donors (Lipinski definition) is 1. The fraction of sp³-hybridized carbons (Fsp3) is 0.579. The Kier molecular flexibility index (Phi) is 7.90. The highest BCUT2D eigenvalue weighted by Crippen LogP contribution is 2.32. The van der Waals surface area contributed by atoms with Gasteiger partial charge in [0.05, 0.1) is 0 Å². The Morgan fingerprint density at radius 2 is 1.96 bits per heavy atom. The molecule has 7 heteroatoms. The first kappa shape index (κ1) is 20.7. The maximum atomic E-state index is 13.2. The Morgan fingerprint density at radius 3 is 2.62 bits per heavy atom. The fourth-order valence-electron chi connectivity index (χ4n) is 3.17. The summed E-state index contributed by atoms with van der Waals surface area (Å²) in [4.78, 5) is 2.30. The number of hydrogen-bond acceptors (Lipinski definition) is 3. The van der Waals surface area contributed by atoms with Crippen LogP contribution in [0.1, 0.15) is 37.3 Å². The van der Waals surface area contributed by atoms with Gasteiger partial charge >= 0.3 is 12.5 Å². The molecule has 1 N–H and O–H groups in total. The molecular weight excluding hydrogens is 348 g/mol. The summed E-state index contributed by atoms with van der Waals surface area (Å²) in [6, 6.07) is 6.20. The van der Waals surface area contributed by atoms with Gasteiger partial charge in [-0.1, -0.05) is 24.6 Å². The molecule has 0 spiro atoms. The van der Waals surface area contributed by atoms with Crippen LogP contribution in [-0.2, 0) is 0 Å². The molecule has 0 amide bonds. The van der Waals surface area contributed by atoms with Gasteiger partial charge in [-0.05, 0) is 37.0 Å². The van der Waals surface area contributed by atoms with Crippen LogP contribution in [0.15, 0.2) is 36.9 Å². The molecule has 0 aromatic heterocycles. The van der Waals surface area contributed by atoms with E-state index in [2.05, 4.69) is 21.5 Å². The van der Waals surface area contributed by atoms with Crippen molar-refractivity contribution in [3.8, 4) is 5.75 Å². The van der Waals surface area contributed by atoms with E-state index >= 15 is 0 Å². The number of halogens is 4. The lowest BCUT2D eigenvalue weighted by Gasteiger charge is -2.35. The number of rotatable bonds is 10. The van der Waals surface area contributed by atoms with E-state index in [0.717, 1.165) is 57.4 Å². The topological polar surface area (TPSA) is 24.5 Å². The second-order valence-corrected chi connectivity index (χ2v) is 6.41. The molecule has 1 heterocycles. The van der Waals surface area contributed by atoms with Crippen molar-refractivity contribution in [1.29, 1.82) is 0 Å². The fourth-order valence-corrected chi connectivity index (χ4v) is 3.17. The highest BCUT2D eigenvalue weighted by atomic mass is 19.3. The lowest BCUT2D eigenvalue weighted by atomic mass is 9.98. The molecule has 1 aliphatic rings. The predicted molar refractivity (Wildman–Crippen MR) is 93.9 cm³/mol. The molecule has 0 bridgehead atoms. The number of benzene rings is 1. The van der Waals surface area contributed by atoms with Gasteiger partial charge in [-0.25, -0.2) is 0 Å². The highest BCUT2D eigenvalue weighted by molar-refractivity contribution is 5.31. The first-order chi connectivity index (χ1) is 12.4. The standard InChI is InChI=1S/C19H26F4N2O/c1-2-3-4-5-9-17(25-12-10-24-11-13-25)15-7-6-8-16(14-15)26-19(22,23)18(20)21/h2,6-8,14,17-18,24H,1,3-5,9-13H2/t17-/m0/s1. The van der Waals surface area contributed by atoms with E-state index in [1.807, 2.05) is 12.1 Å². The average molecular weight is 374 g/mol. The Bertz CT molecular complexity index is 562. The van der Waals surface area contributed by atoms with E-state index in [4.69, 9.17) is 0 Å². The Morgan fingerprint density at radius 1 is 1.23 bits per heavy atom. The summed E-state index contributed by atoms with van der Waals surface area (Å²) in [6.45, 7) is 7.15. The van der Waals surface area contributed by atoms with Gasteiger partial charge in [0.2, 0.25) is 0 Å². The zero-order chi connectivity index (χ0) is 19.0. The van der Waals surface area contributed by atoms with Gasteiger partial charge in [0.1, 0.15) is 5.75 Å². The van der Waals surface area contributed by atoms with E-state index in [1.54, 1.807) is 6.07 Å². The third-order valence-electron chi connectivity index (χ3n) is 4.48. The Labute approximate surface area is 152 Å². The first-order valence-electron chi connectivity index (χ1n) is 8.94. The lowest BCUT2D eigenvalue weighted by Crippen LogP contribution is -2.45. The third-order valence-corrected chi connectivity index (χ3v) is 4.48. The van der Waals surface area contributed by atoms with Crippen LogP contribution in [0.25, 0.3) is 0 Å². The Balaban J connectivity index is 2.14. The molecule has 0 radical (unpaired) electrons. The summed E-state index contributed by atoms with van der Waals surface area (Å²) in [5, 5.41) is 3.29. The van der Waals surface area contributed by atoms with Crippen molar-refractivity contribution < 1.29 is 22.3 Å². The van der Waals surface area contributed by atoms with E-state index in [1.165, 1.54) is 12.1 Å². The average Bonchev–Trinajstić information content (AvgIpc) is 2.62. The smallest absolute Gasteiger partial charge is 0.428 e. The highest BCUT2D eigenvalue weighted by Gasteiger charge is 2.44. The number of piperazine rings is 1. The zero-order valence-electron chi connectivity index (χ0n) is 14.8. The van der Waals surface area contributed by atoms with E-state index in [9.17, 15) is 17.6 Å². The van der Waals surface area contributed by atoms with Crippen molar-refractivity contribution in [1.82, 2.24) is 10.2 Å². The molecule has 0 unspecified atom stereocenters. The molecule has 3 nitrogen and oxygen atoms in total. The van der Waals surface area contributed by atoms with Gasteiger partial charge in [0, 0.05) is 32.2 Å².